The van der Waals surface area contributed by atoms with E-state index in [0.717, 1.165) is 31.2 Å². The highest BCUT2D eigenvalue weighted by atomic mass is 32.2. The minimum atomic E-state index is -3.77. The van der Waals surface area contributed by atoms with E-state index in [1.165, 1.54) is 5.56 Å². The predicted molar refractivity (Wildman–Crippen MR) is 111 cm³/mol. The molecule has 0 fully saturated rings. The van der Waals surface area contributed by atoms with Crippen LogP contribution < -0.4 is 9.46 Å². The maximum atomic E-state index is 13.3. The fourth-order valence-corrected chi connectivity index (χ4v) is 5.14. The Labute approximate surface area is 171 Å². The van der Waals surface area contributed by atoms with Crippen LogP contribution in [0.15, 0.2) is 59.8 Å². The lowest BCUT2D eigenvalue weighted by Crippen LogP contribution is -2.31. The minimum absolute atomic E-state index is 0.284. The Morgan fingerprint density at radius 3 is 2.59 bits per heavy atom. The summed E-state index contributed by atoms with van der Waals surface area (Å²) in [5.74, 6) is 1.20. The number of benzene rings is 2. The van der Waals surface area contributed by atoms with Crippen LogP contribution in [0.25, 0.3) is 0 Å². The van der Waals surface area contributed by atoms with Crippen molar-refractivity contribution in [2.24, 2.45) is 7.05 Å². The molecule has 1 N–H and O–H groups in total. The number of sulfonamides is 1. The van der Waals surface area contributed by atoms with Crippen molar-refractivity contribution in [2.75, 3.05) is 7.11 Å². The van der Waals surface area contributed by atoms with Gasteiger partial charge in [-0.3, -0.25) is 0 Å². The van der Waals surface area contributed by atoms with Gasteiger partial charge < -0.3 is 9.30 Å². The van der Waals surface area contributed by atoms with Crippen molar-refractivity contribution in [3.63, 3.8) is 0 Å². The smallest absolute Gasteiger partial charge is 0.241 e. The Balaban J connectivity index is 1.75. The average Bonchev–Trinajstić information content (AvgIpc) is 3.17. The van der Waals surface area contributed by atoms with Crippen LogP contribution in [0.5, 0.6) is 5.75 Å². The summed E-state index contributed by atoms with van der Waals surface area (Å²) in [4.78, 5) is 4.68. The maximum Gasteiger partial charge on any atom is 0.241 e. The first-order valence-electron chi connectivity index (χ1n) is 9.74. The standard InChI is InChI=1S/C22H25N3O3S/c1-25-14-13-23-22(25)21(19-9-5-6-10-20(19)28-2)24-29(26,27)18-12-11-16-7-3-4-8-17(16)15-18/h5-6,9-15,21,24H,3-4,7-8H2,1-2H3/t21-/m0/s1. The number of aryl methyl sites for hydroxylation is 3. The molecule has 1 aliphatic rings. The summed E-state index contributed by atoms with van der Waals surface area (Å²) in [6.07, 6.45) is 7.65. The summed E-state index contributed by atoms with van der Waals surface area (Å²) in [7, 11) is -0.347. The van der Waals surface area contributed by atoms with E-state index < -0.39 is 16.1 Å². The molecule has 152 valence electrons. The highest BCUT2D eigenvalue weighted by molar-refractivity contribution is 7.89. The molecule has 4 rings (SSSR count). The molecule has 3 aromatic rings. The molecule has 0 amide bonds. The molecule has 1 heterocycles. The number of para-hydroxylation sites is 1. The molecule has 0 saturated carbocycles. The second kappa shape index (κ2) is 8.00. The van der Waals surface area contributed by atoms with E-state index in [0.29, 0.717) is 17.1 Å². The number of hydrogen-bond acceptors (Lipinski definition) is 4. The number of fused-ring (bicyclic) bond motifs is 1. The van der Waals surface area contributed by atoms with E-state index in [-0.39, 0.29) is 4.90 Å². The molecular formula is C22H25N3O3S. The van der Waals surface area contributed by atoms with Gasteiger partial charge in [0.15, 0.2) is 0 Å². The molecule has 1 aromatic heterocycles. The quantitative estimate of drug-likeness (QED) is 0.675. The zero-order valence-electron chi connectivity index (χ0n) is 16.6. The van der Waals surface area contributed by atoms with E-state index in [1.54, 1.807) is 25.6 Å². The first-order chi connectivity index (χ1) is 14.0. The van der Waals surface area contributed by atoms with E-state index in [9.17, 15) is 8.42 Å². The molecule has 7 heteroatoms. The van der Waals surface area contributed by atoms with Crippen molar-refractivity contribution in [2.45, 2.75) is 36.6 Å². The van der Waals surface area contributed by atoms with Crippen LogP contribution >= 0.6 is 0 Å². The fraction of sp³-hybridized carbons (Fsp3) is 0.318. The van der Waals surface area contributed by atoms with Gasteiger partial charge in [0.2, 0.25) is 10.0 Å². The van der Waals surface area contributed by atoms with Crippen molar-refractivity contribution in [1.82, 2.24) is 14.3 Å². The van der Waals surface area contributed by atoms with Crippen molar-refractivity contribution < 1.29 is 13.2 Å². The molecule has 0 aliphatic heterocycles. The molecule has 2 aromatic carbocycles. The molecule has 1 atom stereocenters. The van der Waals surface area contributed by atoms with E-state index in [2.05, 4.69) is 9.71 Å². The molecule has 0 radical (unpaired) electrons. The summed E-state index contributed by atoms with van der Waals surface area (Å²) in [6.45, 7) is 0. The zero-order valence-corrected chi connectivity index (χ0v) is 17.4. The third kappa shape index (κ3) is 3.93. The molecule has 1 aliphatic carbocycles. The summed E-state index contributed by atoms with van der Waals surface area (Å²) >= 11 is 0. The highest BCUT2D eigenvalue weighted by Gasteiger charge is 2.28. The van der Waals surface area contributed by atoms with Crippen LogP contribution in [0.4, 0.5) is 0 Å². The molecule has 29 heavy (non-hydrogen) atoms. The van der Waals surface area contributed by atoms with E-state index >= 15 is 0 Å². The zero-order chi connectivity index (χ0) is 20.4. The molecule has 0 saturated heterocycles. The fourth-order valence-electron chi connectivity index (χ4n) is 3.92. The lowest BCUT2D eigenvalue weighted by atomic mass is 9.92. The summed E-state index contributed by atoms with van der Waals surface area (Å²) < 4.78 is 36.8. The number of methoxy groups -OCH3 is 1. The maximum absolute atomic E-state index is 13.3. The Kier molecular flexibility index (Phi) is 5.43. The Morgan fingerprint density at radius 2 is 1.86 bits per heavy atom. The lowest BCUT2D eigenvalue weighted by Gasteiger charge is -2.22. The molecule has 6 nitrogen and oxygen atoms in total. The number of rotatable bonds is 6. The molecule has 0 bridgehead atoms. The first-order valence-corrected chi connectivity index (χ1v) is 11.2. The van der Waals surface area contributed by atoms with Gasteiger partial charge in [-0.1, -0.05) is 24.3 Å². The van der Waals surface area contributed by atoms with Gasteiger partial charge in [0.1, 0.15) is 17.6 Å². The van der Waals surface area contributed by atoms with Crippen molar-refractivity contribution in [3.05, 3.63) is 77.4 Å². The summed E-state index contributed by atoms with van der Waals surface area (Å²) in [5, 5.41) is 0. The van der Waals surface area contributed by atoms with Crippen LogP contribution in [-0.2, 0) is 29.9 Å². The third-order valence-electron chi connectivity index (χ3n) is 5.47. The van der Waals surface area contributed by atoms with Crippen LogP contribution in [0.2, 0.25) is 0 Å². The van der Waals surface area contributed by atoms with Gasteiger partial charge in [0.05, 0.1) is 12.0 Å². The van der Waals surface area contributed by atoms with Crippen LogP contribution in [0, 0.1) is 0 Å². The summed E-state index contributed by atoms with van der Waals surface area (Å²) in [5.41, 5.74) is 3.09. The molecule has 0 spiro atoms. The minimum Gasteiger partial charge on any atom is -0.496 e. The number of ether oxygens (including phenoxy) is 1. The number of hydrogen-bond donors (Lipinski definition) is 1. The van der Waals surface area contributed by atoms with Crippen LogP contribution in [0.1, 0.15) is 41.4 Å². The summed E-state index contributed by atoms with van der Waals surface area (Å²) in [6, 6.07) is 12.2. The Hall–Kier alpha value is -2.64. The number of nitrogens with zero attached hydrogens (tertiary/aromatic N) is 2. The monoisotopic (exact) mass is 411 g/mol. The Bertz CT molecular complexity index is 1120. The van der Waals surface area contributed by atoms with Gasteiger partial charge in [-0.15, -0.1) is 0 Å². The van der Waals surface area contributed by atoms with Gasteiger partial charge in [-0.05, 0) is 55.0 Å². The van der Waals surface area contributed by atoms with Crippen molar-refractivity contribution in [1.29, 1.82) is 0 Å². The SMILES string of the molecule is COc1ccccc1[C@H](NS(=O)(=O)c1ccc2c(c1)CCCC2)c1nccn1C. The Morgan fingerprint density at radius 1 is 1.10 bits per heavy atom. The number of aromatic nitrogens is 2. The topological polar surface area (TPSA) is 73.2 Å². The first kappa shape index (κ1) is 19.7. The van der Waals surface area contributed by atoms with E-state index in [1.807, 2.05) is 48.0 Å². The normalized spacial score (nSPS) is 15.0. The number of nitrogens with one attached hydrogen (secondary N) is 1. The van der Waals surface area contributed by atoms with Crippen LogP contribution in [-0.4, -0.2) is 25.1 Å². The van der Waals surface area contributed by atoms with Gasteiger partial charge in [0, 0.05) is 25.0 Å². The number of imidazole rings is 1. The van der Waals surface area contributed by atoms with Crippen LogP contribution in [0.3, 0.4) is 0 Å². The lowest BCUT2D eigenvalue weighted by molar-refractivity contribution is 0.405. The third-order valence-corrected chi connectivity index (χ3v) is 6.89. The largest absolute Gasteiger partial charge is 0.496 e. The van der Waals surface area contributed by atoms with Gasteiger partial charge in [-0.25, -0.2) is 13.4 Å². The van der Waals surface area contributed by atoms with Crippen molar-refractivity contribution in [3.8, 4) is 5.75 Å². The van der Waals surface area contributed by atoms with Gasteiger partial charge in [-0.2, -0.15) is 4.72 Å². The van der Waals surface area contributed by atoms with Gasteiger partial charge >= 0.3 is 0 Å². The molecular weight excluding hydrogens is 386 g/mol. The highest BCUT2D eigenvalue weighted by Crippen LogP contribution is 2.31. The average molecular weight is 412 g/mol. The van der Waals surface area contributed by atoms with E-state index in [4.69, 9.17) is 4.74 Å². The van der Waals surface area contributed by atoms with Gasteiger partial charge in [0.25, 0.3) is 0 Å². The molecule has 0 unspecified atom stereocenters. The predicted octanol–water partition coefficient (Wildman–Crippen LogP) is 3.38. The second-order valence-corrected chi connectivity index (χ2v) is 9.04. The second-order valence-electron chi connectivity index (χ2n) is 7.33. The van der Waals surface area contributed by atoms with Crippen molar-refractivity contribution >= 4 is 10.0 Å².